The van der Waals surface area contributed by atoms with Gasteiger partial charge < -0.3 is 24.8 Å². The van der Waals surface area contributed by atoms with E-state index in [9.17, 15) is 4.79 Å². The molecule has 26 heavy (non-hydrogen) atoms. The van der Waals surface area contributed by atoms with E-state index in [2.05, 4.69) is 22.5 Å². The van der Waals surface area contributed by atoms with Crippen LogP contribution in [0.5, 0.6) is 17.2 Å². The summed E-state index contributed by atoms with van der Waals surface area (Å²) >= 11 is 5.97. The van der Waals surface area contributed by atoms with E-state index < -0.39 is 6.03 Å². The highest BCUT2D eigenvalue weighted by atomic mass is 35.5. The summed E-state index contributed by atoms with van der Waals surface area (Å²) in [7, 11) is 3.07. The molecule has 0 aliphatic heterocycles. The summed E-state index contributed by atoms with van der Waals surface area (Å²) in [4.78, 5) is 11.9. The van der Waals surface area contributed by atoms with E-state index in [1.54, 1.807) is 37.4 Å². The number of benzene rings is 2. The number of ether oxygens (including phenoxy) is 3. The SMILES string of the molecule is COc1ccc(NC(=O)NCC#CCOc2ccccc2Cl)c(OC)c1. The van der Waals surface area contributed by atoms with Crippen molar-refractivity contribution in [3.05, 3.63) is 47.5 Å². The molecule has 0 aromatic heterocycles. The Morgan fingerprint density at radius 1 is 1.08 bits per heavy atom. The van der Waals surface area contributed by atoms with E-state index in [1.165, 1.54) is 7.11 Å². The first-order chi connectivity index (χ1) is 12.6. The van der Waals surface area contributed by atoms with Crippen LogP contribution in [0, 0.1) is 11.8 Å². The minimum Gasteiger partial charge on any atom is -0.497 e. The van der Waals surface area contributed by atoms with Crippen LogP contribution in [0.15, 0.2) is 42.5 Å². The third-order valence-corrected chi connectivity index (χ3v) is 3.57. The molecule has 136 valence electrons. The Labute approximate surface area is 157 Å². The van der Waals surface area contributed by atoms with Gasteiger partial charge in [-0.3, -0.25) is 0 Å². The van der Waals surface area contributed by atoms with Crippen LogP contribution in [0.25, 0.3) is 0 Å². The Hall–Kier alpha value is -3.04. The number of carbonyl (C=O) groups excluding carboxylic acids is 1. The molecule has 0 saturated carbocycles. The normalized spacial score (nSPS) is 9.50. The monoisotopic (exact) mass is 374 g/mol. The first kappa shape index (κ1) is 19.3. The van der Waals surface area contributed by atoms with Gasteiger partial charge in [-0.05, 0) is 24.3 Å². The molecular weight excluding hydrogens is 356 g/mol. The number of hydrogen-bond donors (Lipinski definition) is 2. The zero-order valence-electron chi connectivity index (χ0n) is 14.5. The molecule has 0 spiro atoms. The van der Waals surface area contributed by atoms with Gasteiger partial charge in [0.2, 0.25) is 0 Å². The molecule has 0 bridgehead atoms. The van der Waals surface area contributed by atoms with Gasteiger partial charge in [-0.2, -0.15) is 0 Å². The average Bonchev–Trinajstić information content (AvgIpc) is 2.66. The lowest BCUT2D eigenvalue weighted by molar-refractivity contribution is 0.253. The van der Waals surface area contributed by atoms with Crippen molar-refractivity contribution in [2.75, 3.05) is 32.7 Å². The minimum atomic E-state index is -0.394. The summed E-state index contributed by atoms with van der Waals surface area (Å²) in [5.41, 5.74) is 0.529. The molecule has 2 amide bonds. The molecule has 0 aliphatic rings. The van der Waals surface area contributed by atoms with Crippen molar-refractivity contribution in [1.29, 1.82) is 0 Å². The highest BCUT2D eigenvalue weighted by Crippen LogP contribution is 2.28. The molecular formula is C19H19ClN2O4. The molecule has 0 aliphatic carbocycles. The molecule has 2 aromatic rings. The number of para-hydroxylation sites is 1. The van der Waals surface area contributed by atoms with Crippen molar-refractivity contribution in [2.45, 2.75) is 0 Å². The second-order valence-electron chi connectivity index (χ2n) is 4.95. The number of carbonyl (C=O) groups is 1. The van der Waals surface area contributed by atoms with Crippen LogP contribution in [-0.4, -0.2) is 33.4 Å². The van der Waals surface area contributed by atoms with Crippen molar-refractivity contribution in [2.24, 2.45) is 0 Å². The van der Waals surface area contributed by atoms with Crippen LogP contribution in [0.2, 0.25) is 5.02 Å². The molecule has 0 unspecified atom stereocenters. The Bertz CT molecular complexity index is 815. The van der Waals surface area contributed by atoms with Crippen LogP contribution in [0.4, 0.5) is 10.5 Å². The zero-order chi connectivity index (χ0) is 18.8. The van der Waals surface area contributed by atoms with E-state index in [0.29, 0.717) is 28.0 Å². The molecule has 0 heterocycles. The van der Waals surface area contributed by atoms with Crippen LogP contribution >= 0.6 is 11.6 Å². The van der Waals surface area contributed by atoms with E-state index in [1.807, 2.05) is 12.1 Å². The molecule has 2 aromatic carbocycles. The first-order valence-corrected chi connectivity index (χ1v) is 8.11. The number of anilines is 1. The van der Waals surface area contributed by atoms with Gasteiger partial charge in [0.25, 0.3) is 0 Å². The summed E-state index contributed by atoms with van der Waals surface area (Å²) in [5, 5.41) is 5.85. The quantitative estimate of drug-likeness (QED) is 0.758. The van der Waals surface area contributed by atoms with Gasteiger partial charge in [-0.1, -0.05) is 35.6 Å². The lowest BCUT2D eigenvalue weighted by atomic mass is 10.2. The average molecular weight is 375 g/mol. The minimum absolute atomic E-state index is 0.177. The lowest BCUT2D eigenvalue weighted by Gasteiger charge is -2.11. The Kier molecular flexibility index (Phi) is 7.47. The number of hydrogen-bond acceptors (Lipinski definition) is 4. The van der Waals surface area contributed by atoms with E-state index >= 15 is 0 Å². The topological polar surface area (TPSA) is 68.8 Å². The molecule has 7 heteroatoms. The third kappa shape index (κ3) is 5.80. The van der Waals surface area contributed by atoms with Gasteiger partial charge in [0.05, 0.1) is 31.5 Å². The Morgan fingerprint density at radius 3 is 2.62 bits per heavy atom. The number of rotatable bonds is 6. The Balaban J connectivity index is 1.77. The summed E-state index contributed by atoms with van der Waals surface area (Å²) < 4.78 is 15.8. The first-order valence-electron chi connectivity index (χ1n) is 7.74. The maximum atomic E-state index is 11.9. The predicted octanol–water partition coefficient (Wildman–Crippen LogP) is 3.56. The number of amides is 2. The highest BCUT2D eigenvalue weighted by molar-refractivity contribution is 6.32. The number of halogens is 1. The van der Waals surface area contributed by atoms with E-state index in [0.717, 1.165) is 0 Å². The maximum Gasteiger partial charge on any atom is 0.320 e. The summed E-state index contributed by atoms with van der Waals surface area (Å²) in [5.74, 6) is 7.31. The van der Waals surface area contributed by atoms with Crippen LogP contribution in [-0.2, 0) is 0 Å². The molecule has 0 atom stereocenters. The molecule has 6 nitrogen and oxygen atoms in total. The van der Waals surface area contributed by atoms with Crippen LogP contribution in [0.1, 0.15) is 0 Å². The molecule has 0 saturated heterocycles. The lowest BCUT2D eigenvalue weighted by Crippen LogP contribution is -2.29. The molecule has 0 fully saturated rings. The second kappa shape index (κ2) is 10.1. The van der Waals surface area contributed by atoms with Crippen molar-refractivity contribution >= 4 is 23.3 Å². The fourth-order valence-corrected chi connectivity index (χ4v) is 2.17. The second-order valence-corrected chi connectivity index (χ2v) is 5.35. The van der Waals surface area contributed by atoms with Crippen molar-refractivity contribution in [3.63, 3.8) is 0 Å². The van der Waals surface area contributed by atoms with E-state index in [4.69, 9.17) is 25.8 Å². The van der Waals surface area contributed by atoms with Gasteiger partial charge >= 0.3 is 6.03 Å². The molecule has 2 rings (SSSR count). The van der Waals surface area contributed by atoms with Crippen LogP contribution < -0.4 is 24.8 Å². The highest BCUT2D eigenvalue weighted by Gasteiger charge is 2.07. The van der Waals surface area contributed by atoms with Crippen LogP contribution in [0.3, 0.4) is 0 Å². The summed E-state index contributed by atoms with van der Waals surface area (Å²) in [6.45, 7) is 0.357. The Morgan fingerprint density at radius 2 is 1.88 bits per heavy atom. The smallest absolute Gasteiger partial charge is 0.320 e. The molecule has 0 radical (unpaired) electrons. The molecule has 2 N–H and O–H groups in total. The fourth-order valence-electron chi connectivity index (χ4n) is 1.98. The number of urea groups is 1. The van der Waals surface area contributed by atoms with Gasteiger partial charge in [-0.25, -0.2) is 4.79 Å². The number of nitrogens with one attached hydrogen (secondary N) is 2. The zero-order valence-corrected chi connectivity index (χ0v) is 15.2. The van der Waals surface area contributed by atoms with Gasteiger partial charge in [0.1, 0.15) is 23.9 Å². The third-order valence-electron chi connectivity index (χ3n) is 3.26. The largest absolute Gasteiger partial charge is 0.497 e. The van der Waals surface area contributed by atoms with Gasteiger partial charge in [0, 0.05) is 6.07 Å². The van der Waals surface area contributed by atoms with Crippen molar-refractivity contribution < 1.29 is 19.0 Å². The standard InChI is InChI=1S/C19H19ClN2O4/c1-24-14-9-10-16(18(13-14)25-2)22-19(23)21-11-5-6-12-26-17-8-4-3-7-15(17)20/h3-4,7-10,13H,11-12H2,1-2H3,(H2,21,22,23). The van der Waals surface area contributed by atoms with Crippen molar-refractivity contribution in [3.8, 4) is 29.1 Å². The fraction of sp³-hybridized carbons (Fsp3) is 0.211. The van der Waals surface area contributed by atoms with Gasteiger partial charge in [-0.15, -0.1) is 0 Å². The van der Waals surface area contributed by atoms with E-state index in [-0.39, 0.29) is 13.2 Å². The summed E-state index contributed by atoms with van der Waals surface area (Å²) in [6.07, 6.45) is 0. The predicted molar refractivity (Wildman–Crippen MR) is 101 cm³/mol. The van der Waals surface area contributed by atoms with Crippen molar-refractivity contribution in [1.82, 2.24) is 5.32 Å². The maximum absolute atomic E-state index is 11.9. The number of methoxy groups -OCH3 is 2. The van der Waals surface area contributed by atoms with Gasteiger partial charge in [0.15, 0.2) is 0 Å². The summed E-state index contributed by atoms with van der Waals surface area (Å²) in [6, 6.07) is 11.9.